The van der Waals surface area contributed by atoms with Crippen LogP contribution in [0.2, 0.25) is 0 Å². The van der Waals surface area contributed by atoms with E-state index < -0.39 is 5.56 Å². The van der Waals surface area contributed by atoms with E-state index in [1.807, 2.05) is 0 Å². The highest BCUT2D eigenvalue weighted by Crippen LogP contribution is 2.02. The van der Waals surface area contributed by atoms with Crippen LogP contribution in [0.5, 0.6) is 0 Å². The third-order valence-corrected chi connectivity index (χ3v) is 3.23. The van der Waals surface area contributed by atoms with E-state index in [4.69, 9.17) is 0 Å². The molecule has 0 saturated carbocycles. The van der Waals surface area contributed by atoms with Crippen molar-refractivity contribution >= 4 is 11.2 Å². The number of unbranched alkanes of at least 4 members (excludes halogenated alkanes) is 1. The number of aryl methyl sites for hydroxylation is 2. The summed E-state index contributed by atoms with van der Waals surface area (Å²) in [4.78, 5) is 25.6. The highest BCUT2D eigenvalue weighted by molar-refractivity contribution is 5.67. The Balaban J connectivity index is 2.34. The summed E-state index contributed by atoms with van der Waals surface area (Å²) in [5.41, 5.74) is -0.304. The average molecular weight is 281 g/mol. The molecule has 2 heterocycles. The number of nitrogens with zero attached hydrogens (tertiary/aromatic N) is 5. The predicted molar refractivity (Wildman–Crippen MR) is 73.5 cm³/mol. The molecule has 0 radical (unpaired) electrons. The maximum atomic E-state index is 12.2. The quantitative estimate of drug-likeness (QED) is 0.737. The summed E-state index contributed by atoms with van der Waals surface area (Å²) in [5, 5.41) is 17.2. The molecule has 1 atom stereocenters. The van der Waals surface area contributed by atoms with Gasteiger partial charge in [0.05, 0.1) is 6.10 Å². The van der Waals surface area contributed by atoms with Crippen molar-refractivity contribution in [1.82, 2.24) is 24.1 Å². The van der Waals surface area contributed by atoms with Gasteiger partial charge in [0.1, 0.15) is 0 Å². The first-order chi connectivity index (χ1) is 9.41. The number of aromatic nitrogens is 5. The Bertz CT molecular complexity index is 725. The Hall–Kier alpha value is -1.96. The number of rotatable bonds is 5. The lowest BCUT2D eigenvalue weighted by Crippen LogP contribution is -2.39. The number of fused-ring (bicyclic) bond motifs is 1. The van der Waals surface area contributed by atoms with Gasteiger partial charge in [0.2, 0.25) is 0 Å². The summed E-state index contributed by atoms with van der Waals surface area (Å²) < 4.78 is 2.51. The first kappa shape index (κ1) is 14.4. The van der Waals surface area contributed by atoms with Crippen LogP contribution >= 0.6 is 0 Å². The van der Waals surface area contributed by atoms with E-state index in [1.54, 1.807) is 21.0 Å². The zero-order chi connectivity index (χ0) is 14.9. The van der Waals surface area contributed by atoms with E-state index in [1.165, 1.54) is 13.9 Å². The lowest BCUT2D eigenvalue weighted by atomic mass is 10.2. The molecular weight excluding hydrogens is 262 g/mol. The summed E-state index contributed by atoms with van der Waals surface area (Å²) >= 11 is 0. The van der Waals surface area contributed by atoms with E-state index in [0.29, 0.717) is 25.0 Å². The summed E-state index contributed by atoms with van der Waals surface area (Å²) in [5.74, 6) is 0. The minimum atomic E-state index is -0.409. The normalized spacial score (nSPS) is 13.0. The summed E-state index contributed by atoms with van der Waals surface area (Å²) in [6.45, 7) is 2.04. The Morgan fingerprint density at radius 1 is 1.20 bits per heavy atom. The monoisotopic (exact) mass is 281 g/mol. The summed E-state index contributed by atoms with van der Waals surface area (Å²) in [7, 11) is 3.18. The molecule has 0 spiro atoms. The first-order valence-corrected chi connectivity index (χ1v) is 6.60. The van der Waals surface area contributed by atoms with E-state index in [2.05, 4.69) is 10.2 Å². The molecule has 0 unspecified atom stereocenters. The van der Waals surface area contributed by atoms with E-state index in [0.717, 1.165) is 6.42 Å². The number of hydrogen-bond acceptors (Lipinski definition) is 5. The molecule has 0 fully saturated rings. The zero-order valence-corrected chi connectivity index (χ0v) is 11.9. The van der Waals surface area contributed by atoms with Crippen LogP contribution in [0.15, 0.2) is 9.59 Å². The Kier molecular flexibility index (Phi) is 4.03. The van der Waals surface area contributed by atoms with Gasteiger partial charge in [-0.2, -0.15) is 4.80 Å². The minimum Gasteiger partial charge on any atom is -0.393 e. The fraction of sp³-hybridized carbons (Fsp3) is 0.667. The van der Waals surface area contributed by atoms with Crippen LogP contribution in [-0.2, 0) is 20.6 Å². The van der Waals surface area contributed by atoms with Gasteiger partial charge < -0.3 is 5.11 Å². The zero-order valence-electron chi connectivity index (χ0n) is 11.9. The van der Waals surface area contributed by atoms with Crippen LogP contribution in [0.3, 0.4) is 0 Å². The second-order valence-electron chi connectivity index (χ2n) is 5.00. The van der Waals surface area contributed by atoms with Crippen molar-refractivity contribution in [3.63, 3.8) is 0 Å². The van der Waals surface area contributed by atoms with E-state index >= 15 is 0 Å². The predicted octanol–water partition coefficient (Wildman–Crippen LogP) is -0.620. The maximum Gasteiger partial charge on any atom is 0.332 e. The molecule has 0 aromatic carbocycles. The molecule has 0 aliphatic carbocycles. The molecule has 8 nitrogen and oxygen atoms in total. The third kappa shape index (κ3) is 2.64. The molecule has 0 aliphatic rings. The topological polar surface area (TPSA) is 94.9 Å². The number of aliphatic hydroxyl groups is 1. The molecule has 0 saturated heterocycles. The molecule has 8 heteroatoms. The van der Waals surface area contributed by atoms with Gasteiger partial charge >= 0.3 is 5.69 Å². The molecular formula is C12H19N5O3. The van der Waals surface area contributed by atoms with Gasteiger partial charge in [-0.05, 0) is 26.2 Å². The van der Waals surface area contributed by atoms with Gasteiger partial charge in [-0.1, -0.05) is 0 Å². The Morgan fingerprint density at radius 3 is 2.55 bits per heavy atom. The number of aliphatic hydroxyl groups excluding tert-OH is 1. The molecule has 1 N–H and O–H groups in total. The van der Waals surface area contributed by atoms with Gasteiger partial charge in [0.15, 0.2) is 11.2 Å². The lowest BCUT2D eigenvalue weighted by molar-refractivity contribution is 0.180. The molecule has 20 heavy (non-hydrogen) atoms. The van der Waals surface area contributed by atoms with Crippen molar-refractivity contribution < 1.29 is 5.11 Å². The van der Waals surface area contributed by atoms with Crippen molar-refractivity contribution in [3.05, 3.63) is 20.8 Å². The SMILES string of the molecule is C[C@@H](O)CCCCn1c(=O)c2nn(C)nc2n(C)c1=O. The highest BCUT2D eigenvalue weighted by atomic mass is 16.3. The van der Waals surface area contributed by atoms with Crippen molar-refractivity contribution in [1.29, 1.82) is 0 Å². The molecule has 0 aliphatic heterocycles. The van der Waals surface area contributed by atoms with E-state index in [-0.39, 0.29) is 17.3 Å². The molecule has 2 aromatic rings. The standard InChI is InChI=1S/C12H19N5O3/c1-8(18)6-4-5-7-17-11(19)9-10(14-16(3)13-9)15(2)12(17)20/h8,18H,4-7H2,1-3H3/t8-/m1/s1. The second kappa shape index (κ2) is 5.58. The Morgan fingerprint density at radius 2 is 1.90 bits per heavy atom. The van der Waals surface area contributed by atoms with Gasteiger partial charge in [-0.3, -0.25) is 13.9 Å². The second-order valence-corrected chi connectivity index (χ2v) is 5.00. The van der Waals surface area contributed by atoms with Crippen LogP contribution in [0.4, 0.5) is 0 Å². The van der Waals surface area contributed by atoms with Gasteiger partial charge in [0.25, 0.3) is 5.56 Å². The fourth-order valence-corrected chi connectivity index (χ4v) is 2.15. The van der Waals surface area contributed by atoms with Crippen LogP contribution in [0, 0.1) is 0 Å². The van der Waals surface area contributed by atoms with Crippen molar-refractivity contribution in [2.45, 2.75) is 38.8 Å². The minimum absolute atomic E-state index is 0.199. The van der Waals surface area contributed by atoms with Crippen molar-refractivity contribution in [2.75, 3.05) is 0 Å². The summed E-state index contributed by atoms with van der Waals surface area (Å²) in [6.07, 6.45) is 1.71. The number of hydrogen-bond donors (Lipinski definition) is 1. The van der Waals surface area contributed by atoms with E-state index in [9.17, 15) is 14.7 Å². The van der Waals surface area contributed by atoms with Gasteiger partial charge in [-0.15, -0.1) is 10.2 Å². The van der Waals surface area contributed by atoms with Crippen molar-refractivity contribution in [3.8, 4) is 0 Å². The fourth-order valence-electron chi connectivity index (χ4n) is 2.15. The summed E-state index contributed by atoms with van der Waals surface area (Å²) in [6, 6.07) is 0. The van der Waals surface area contributed by atoms with Crippen LogP contribution in [0.25, 0.3) is 11.2 Å². The first-order valence-electron chi connectivity index (χ1n) is 6.60. The largest absolute Gasteiger partial charge is 0.393 e. The highest BCUT2D eigenvalue weighted by Gasteiger charge is 2.14. The van der Waals surface area contributed by atoms with Gasteiger partial charge in [0, 0.05) is 20.6 Å². The molecule has 110 valence electrons. The smallest absolute Gasteiger partial charge is 0.332 e. The Labute approximate surface area is 115 Å². The molecule has 2 aromatic heterocycles. The van der Waals surface area contributed by atoms with Crippen molar-refractivity contribution in [2.24, 2.45) is 14.1 Å². The van der Waals surface area contributed by atoms with Crippen LogP contribution in [-0.4, -0.2) is 35.3 Å². The average Bonchev–Trinajstić information content (AvgIpc) is 2.77. The maximum absolute atomic E-state index is 12.2. The van der Waals surface area contributed by atoms with Gasteiger partial charge in [-0.25, -0.2) is 4.79 Å². The van der Waals surface area contributed by atoms with Crippen LogP contribution < -0.4 is 11.2 Å². The molecule has 0 bridgehead atoms. The lowest BCUT2D eigenvalue weighted by Gasteiger charge is -2.07. The van der Waals surface area contributed by atoms with Crippen LogP contribution in [0.1, 0.15) is 26.2 Å². The molecule has 2 rings (SSSR count). The third-order valence-electron chi connectivity index (χ3n) is 3.23. The molecule has 0 amide bonds.